The Morgan fingerprint density at radius 1 is 1.22 bits per heavy atom. The maximum atomic E-state index is 12.6. The van der Waals surface area contributed by atoms with Crippen molar-refractivity contribution < 1.29 is 19.4 Å². The number of amides is 1. The van der Waals surface area contributed by atoms with Crippen LogP contribution in [0.4, 0.5) is 0 Å². The average molecular weight is 370 g/mol. The molecule has 1 amide bonds. The molecule has 1 unspecified atom stereocenters. The molecule has 144 valence electrons. The molecule has 6 nitrogen and oxygen atoms in total. The van der Waals surface area contributed by atoms with E-state index in [1.54, 1.807) is 11.9 Å². The summed E-state index contributed by atoms with van der Waals surface area (Å²) in [6.45, 7) is 2.07. The van der Waals surface area contributed by atoms with Crippen LogP contribution in [0.1, 0.15) is 12.0 Å². The number of aryl methyl sites for hydroxylation is 1. The number of hydrogen-bond donors (Lipinski definition) is 1. The first kappa shape index (κ1) is 19.3. The maximum absolute atomic E-state index is 12.6. The summed E-state index contributed by atoms with van der Waals surface area (Å²) >= 11 is 0. The van der Waals surface area contributed by atoms with Gasteiger partial charge in [0.2, 0.25) is 5.91 Å². The maximum Gasteiger partial charge on any atom is 0.317 e. The summed E-state index contributed by atoms with van der Waals surface area (Å²) in [4.78, 5) is 26.9. The van der Waals surface area contributed by atoms with Gasteiger partial charge in [0.15, 0.2) is 0 Å². The van der Waals surface area contributed by atoms with Gasteiger partial charge in [-0.3, -0.25) is 14.5 Å². The summed E-state index contributed by atoms with van der Waals surface area (Å²) in [6, 6.07) is 14.5. The molecule has 0 spiro atoms. The minimum absolute atomic E-state index is 0.0320. The van der Waals surface area contributed by atoms with Crippen LogP contribution >= 0.6 is 0 Å². The molecule has 1 aliphatic rings. The van der Waals surface area contributed by atoms with Gasteiger partial charge < -0.3 is 14.7 Å². The van der Waals surface area contributed by atoms with E-state index >= 15 is 0 Å². The van der Waals surface area contributed by atoms with E-state index in [1.165, 1.54) is 10.8 Å². The molecule has 1 saturated heterocycles. The first-order valence-corrected chi connectivity index (χ1v) is 9.28. The van der Waals surface area contributed by atoms with Crippen molar-refractivity contribution in [3.05, 3.63) is 48.0 Å². The van der Waals surface area contributed by atoms with E-state index in [-0.39, 0.29) is 18.6 Å². The lowest BCUT2D eigenvalue weighted by atomic mass is 10.0. The summed E-state index contributed by atoms with van der Waals surface area (Å²) in [5.74, 6) is -0.742. The van der Waals surface area contributed by atoms with E-state index in [0.717, 1.165) is 5.56 Å². The zero-order valence-electron chi connectivity index (χ0n) is 15.6. The van der Waals surface area contributed by atoms with E-state index in [2.05, 4.69) is 30.3 Å². The third-order valence-electron chi connectivity index (χ3n) is 4.85. The van der Waals surface area contributed by atoms with Gasteiger partial charge in [-0.25, -0.2) is 0 Å². The Labute approximate surface area is 159 Å². The summed E-state index contributed by atoms with van der Waals surface area (Å²) < 4.78 is 5.69. The SMILES string of the molecule is CN(CC(=O)O)CC1CN(C(=O)CCc2ccc3ccccc3c2)CCO1. The lowest BCUT2D eigenvalue weighted by Gasteiger charge is -2.34. The van der Waals surface area contributed by atoms with E-state index in [0.29, 0.717) is 39.1 Å². The third-order valence-corrected chi connectivity index (χ3v) is 4.85. The van der Waals surface area contributed by atoms with Crippen molar-refractivity contribution in [2.75, 3.05) is 39.8 Å². The molecule has 0 aliphatic carbocycles. The number of carboxylic acid groups (broad SMARTS) is 1. The number of morpholine rings is 1. The topological polar surface area (TPSA) is 70.1 Å². The summed E-state index contributed by atoms with van der Waals surface area (Å²) in [5.41, 5.74) is 1.16. The molecule has 2 aromatic rings. The molecule has 0 aromatic heterocycles. The van der Waals surface area contributed by atoms with Crippen molar-refractivity contribution in [1.29, 1.82) is 0 Å². The van der Waals surface area contributed by atoms with Crippen LogP contribution in [0.3, 0.4) is 0 Å². The van der Waals surface area contributed by atoms with Crippen molar-refractivity contribution in [3.8, 4) is 0 Å². The monoisotopic (exact) mass is 370 g/mol. The average Bonchev–Trinajstić information content (AvgIpc) is 2.65. The lowest BCUT2D eigenvalue weighted by Crippen LogP contribution is -2.49. The molecule has 0 bridgehead atoms. The third kappa shape index (κ3) is 5.52. The number of fused-ring (bicyclic) bond motifs is 1. The van der Waals surface area contributed by atoms with Crippen LogP contribution in [0, 0.1) is 0 Å². The second-order valence-electron chi connectivity index (χ2n) is 7.10. The molecule has 1 N–H and O–H groups in total. The first-order chi connectivity index (χ1) is 13.0. The number of benzene rings is 2. The van der Waals surface area contributed by atoms with Gasteiger partial charge in [0.05, 0.1) is 19.3 Å². The Balaban J connectivity index is 1.51. The first-order valence-electron chi connectivity index (χ1n) is 9.28. The largest absolute Gasteiger partial charge is 0.480 e. The fraction of sp³-hybridized carbons (Fsp3) is 0.429. The molecule has 1 heterocycles. The number of ether oxygens (including phenoxy) is 1. The van der Waals surface area contributed by atoms with Gasteiger partial charge in [0.1, 0.15) is 0 Å². The standard InChI is InChI=1S/C21H26N2O4/c1-22(15-21(25)26)13-19-14-23(10-11-27-19)20(24)9-7-16-6-8-17-4-2-3-5-18(17)12-16/h2-6,8,12,19H,7,9-11,13-15H2,1H3,(H,25,26). The highest BCUT2D eigenvalue weighted by molar-refractivity contribution is 5.83. The van der Waals surface area contributed by atoms with Crippen LogP contribution in [0.5, 0.6) is 0 Å². The minimum Gasteiger partial charge on any atom is -0.480 e. The number of rotatable bonds is 7. The lowest BCUT2D eigenvalue weighted by molar-refractivity contribution is -0.142. The molecule has 1 atom stereocenters. The van der Waals surface area contributed by atoms with Gasteiger partial charge in [-0.05, 0) is 29.8 Å². The second-order valence-corrected chi connectivity index (χ2v) is 7.10. The van der Waals surface area contributed by atoms with Crippen molar-refractivity contribution in [1.82, 2.24) is 9.80 Å². The van der Waals surface area contributed by atoms with Crippen molar-refractivity contribution in [2.45, 2.75) is 18.9 Å². The Kier molecular flexibility index (Phi) is 6.42. The van der Waals surface area contributed by atoms with Crippen LogP contribution in [0.25, 0.3) is 10.8 Å². The fourth-order valence-corrected chi connectivity index (χ4v) is 3.50. The molecule has 6 heteroatoms. The van der Waals surface area contributed by atoms with Crippen LogP contribution in [-0.4, -0.2) is 72.7 Å². The van der Waals surface area contributed by atoms with Crippen LogP contribution in [0.2, 0.25) is 0 Å². The Hall–Kier alpha value is -2.44. The number of nitrogens with zero attached hydrogens (tertiary/aromatic N) is 2. The Morgan fingerprint density at radius 3 is 2.78 bits per heavy atom. The number of carbonyl (C=O) groups is 2. The summed E-state index contributed by atoms with van der Waals surface area (Å²) in [7, 11) is 1.75. The van der Waals surface area contributed by atoms with Crippen LogP contribution < -0.4 is 0 Å². The van der Waals surface area contributed by atoms with Crippen molar-refractivity contribution in [3.63, 3.8) is 0 Å². The van der Waals surface area contributed by atoms with Crippen LogP contribution in [-0.2, 0) is 20.7 Å². The zero-order chi connectivity index (χ0) is 19.2. The van der Waals surface area contributed by atoms with E-state index < -0.39 is 5.97 Å². The van der Waals surface area contributed by atoms with Gasteiger partial charge in [-0.15, -0.1) is 0 Å². The van der Waals surface area contributed by atoms with Gasteiger partial charge in [0, 0.05) is 26.1 Å². The Bertz CT molecular complexity index is 808. The molecule has 27 heavy (non-hydrogen) atoms. The summed E-state index contributed by atoms with van der Waals surface area (Å²) in [5, 5.41) is 11.2. The number of likely N-dealkylation sites (N-methyl/N-ethyl adjacent to an activating group) is 1. The number of aliphatic carboxylic acids is 1. The van der Waals surface area contributed by atoms with E-state index in [9.17, 15) is 9.59 Å². The number of hydrogen-bond acceptors (Lipinski definition) is 4. The molecular formula is C21H26N2O4. The number of carbonyl (C=O) groups excluding carboxylic acids is 1. The highest BCUT2D eigenvalue weighted by Crippen LogP contribution is 2.17. The minimum atomic E-state index is -0.864. The smallest absolute Gasteiger partial charge is 0.317 e. The quantitative estimate of drug-likeness (QED) is 0.807. The normalized spacial score (nSPS) is 17.4. The van der Waals surface area contributed by atoms with E-state index in [4.69, 9.17) is 9.84 Å². The van der Waals surface area contributed by atoms with Crippen LogP contribution in [0.15, 0.2) is 42.5 Å². The van der Waals surface area contributed by atoms with Crippen molar-refractivity contribution >= 4 is 22.6 Å². The van der Waals surface area contributed by atoms with Crippen molar-refractivity contribution in [2.24, 2.45) is 0 Å². The predicted octanol–water partition coefficient (Wildman–Crippen LogP) is 2.02. The molecule has 0 radical (unpaired) electrons. The fourth-order valence-electron chi connectivity index (χ4n) is 3.50. The number of carboxylic acids is 1. The van der Waals surface area contributed by atoms with Gasteiger partial charge in [-0.1, -0.05) is 42.5 Å². The molecule has 1 aliphatic heterocycles. The Morgan fingerprint density at radius 2 is 2.00 bits per heavy atom. The van der Waals surface area contributed by atoms with Gasteiger partial charge >= 0.3 is 5.97 Å². The highest BCUT2D eigenvalue weighted by Gasteiger charge is 2.25. The second kappa shape index (κ2) is 8.97. The van der Waals surface area contributed by atoms with Gasteiger partial charge in [-0.2, -0.15) is 0 Å². The molecule has 1 fully saturated rings. The zero-order valence-corrected chi connectivity index (χ0v) is 15.6. The predicted molar refractivity (Wildman–Crippen MR) is 104 cm³/mol. The molecule has 0 saturated carbocycles. The molecule has 3 rings (SSSR count). The highest BCUT2D eigenvalue weighted by atomic mass is 16.5. The van der Waals surface area contributed by atoms with Gasteiger partial charge in [0.25, 0.3) is 0 Å². The summed E-state index contributed by atoms with van der Waals surface area (Å²) in [6.07, 6.45) is 1.04. The molecular weight excluding hydrogens is 344 g/mol. The molecule has 2 aromatic carbocycles. The van der Waals surface area contributed by atoms with E-state index in [1.807, 2.05) is 17.0 Å².